The lowest BCUT2D eigenvalue weighted by Crippen LogP contribution is -1.92. The molecule has 0 aliphatic rings. The highest BCUT2D eigenvalue weighted by Gasteiger charge is 2.03. The number of ether oxygens (including phenoxy) is 2. The Balaban J connectivity index is 3.02. The Morgan fingerprint density at radius 2 is 2.00 bits per heavy atom. The van der Waals surface area contributed by atoms with Crippen LogP contribution in [0, 0.1) is 0 Å². The van der Waals surface area contributed by atoms with Crippen molar-refractivity contribution in [2.75, 3.05) is 14.2 Å². The van der Waals surface area contributed by atoms with Crippen molar-refractivity contribution >= 4 is 0 Å². The van der Waals surface area contributed by atoms with E-state index in [2.05, 4.69) is 0 Å². The van der Waals surface area contributed by atoms with Crippen molar-refractivity contribution in [3.8, 4) is 11.5 Å². The Morgan fingerprint density at radius 3 is 2.50 bits per heavy atom. The summed E-state index contributed by atoms with van der Waals surface area (Å²) in [6, 6.07) is 5.18. The second-order valence-electron chi connectivity index (χ2n) is 2.32. The zero-order valence-electron chi connectivity index (χ0n) is 7.16. The van der Waals surface area contributed by atoms with Crippen molar-refractivity contribution in [2.24, 2.45) is 0 Å². The minimum atomic E-state index is -0.291. The van der Waals surface area contributed by atoms with E-state index in [1.165, 1.54) is 0 Å². The third kappa shape index (κ3) is 1.68. The van der Waals surface area contributed by atoms with Crippen molar-refractivity contribution in [3.63, 3.8) is 0 Å². The van der Waals surface area contributed by atoms with Crippen molar-refractivity contribution in [1.29, 1.82) is 0 Å². The van der Waals surface area contributed by atoms with Gasteiger partial charge in [0.1, 0.15) is 18.1 Å². The molecular formula is C9H11O3. The van der Waals surface area contributed by atoms with Crippen LogP contribution >= 0.6 is 0 Å². The minimum absolute atomic E-state index is 0.291. The van der Waals surface area contributed by atoms with Crippen molar-refractivity contribution in [3.05, 3.63) is 23.8 Å². The topological polar surface area (TPSA) is 38.4 Å². The van der Waals surface area contributed by atoms with Gasteiger partial charge in [-0.3, -0.25) is 0 Å². The monoisotopic (exact) mass is 167 g/mol. The van der Waals surface area contributed by atoms with Gasteiger partial charge in [0.25, 0.3) is 0 Å². The number of hydrogen-bond acceptors (Lipinski definition) is 2. The molecule has 0 amide bonds. The van der Waals surface area contributed by atoms with E-state index >= 15 is 0 Å². The normalized spacial score (nSPS) is 9.58. The van der Waals surface area contributed by atoms with Crippen LogP contribution in [0.2, 0.25) is 0 Å². The van der Waals surface area contributed by atoms with Gasteiger partial charge >= 0.3 is 0 Å². The molecule has 1 radical (unpaired) electrons. The third-order valence-electron chi connectivity index (χ3n) is 1.64. The maximum atomic E-state index is 10.6. The summed E-state index contributed by atoms with van der Waals surface area (Å²) in [5.74, 6) is 1.30. The first-order valence-corrected chi connectivity index (χ1v) is 3.61. The average Bonchev–Trinajstić information content (AvgIpc) is 2.16. The standard InChI is InChI=1S/C9H11O3/c1-11-8-3-4-9(12-2)7(5-8)6-10/h3-5H,6H2,1-2H3. The molecule has 0 aromatic heterocycles. The van der Waals surface area contributed by atoms with Gasteiger partial charge in [-0.25, -0.2) is 5.11 Å². The summed E-state index contributed by atoms with van der Waals surface area (Å²) < 4.78 is 9.94. The van der Waals surface area contributed by atoms with Gasteiger partial charge in [-0.2, -0.15) is 0 Å². The molecule has 0 atom stereocenters. The van der Waals surface area contributed by atoms with E-state index in [-0.39, 0.29) is 6.61 Å². The summed E-state index contributed by atoms with van der Waals surface area (Å²) >= 11 is 0. The fraction of sp³-hybridized carbons (Fsp3) is 0.333. The second-order valence-corrected chi connectivity index (χ2v) is 2.32. The molecule has 0 aliphatic heterocycles. The van der Waals surface area contributed by atoms with E-state index in [1.54, 1.807) is 32.4 Å². The molecule has 0 bridgehead atoms. The Morgan fingerprint density at radius 1 is 1.25 bits per heavy atom. The highest BCUT2D eigenvalue weighted by molar-refractivity contribution is 5.39. The second kappa shape index (κ2) is 3.97. The van der Waals surface area contributed by atoms with Gasteiger partial charge in [-0.05, 0) is 18.2 Å². The van der Waals surface area contributed by atoms with E-state index in [0.717, 1.165) is 0 Å². The van der Waals surface area contributed by atoms with E-state index in [4.69, 9.17) is 9.47 Å². The maximum Gasteiger partial charge on any atom is 0.124 e. The summed E-state index contributed by atoms with van der Waals surface area (Å²) in [5.41, 5.74) is 0.622. The smallest absolute Gasteiger partial charge is 0.124 e. The Hall–Kier alpha value is -1.22. The van der Waals surface area contributed by atoms with Crippen LogP contribution in [0.15, 0.2) is 18.2 Å². The van der Waals surface area contributed by atoms with Crippen LogP contribution in [0.25, 0.3) is 0 Å². The summed E-state index contributed by atoms with van der Waals surface area (Å²) in [7, 11) is 3.11. The zero-order valence-corrected chi connectivity index (χ0v) is 7.16. The molecular weight excluding hydrogens is 156 g/mol. The Labute approximate surface area is 71.5 Å². The largest absolute Gasteiger partial charge is 0.497 e. The van der Waals surface area contributed by atoms with Gasteiger partial charge in [0.05, 0.1) is 14.2 Å². The molecule has 0 saturated heterocycles. The number of benzene rings is 1. The Bertz CT molecular complexity index is 258. The average molecular weight is 167 g/mol. The molecule has 3 nitrogen and oxygen atoms in total. The van der Waals surface area contributed by atoms with Crippen molar-refractivity contribution < 1.29 is 14.6 Å². The fourth-order valence-corrected chi connectivity index (χ4v) is 0.995. The molecule has 1 aromatic rings. The molecule has 1 aromatic carbocycles. The summed E-state index contributed by atoms with van der Waals surface area (Å²) in [6.45, 7) is -0.291. The van der Waals surface area contributed by atoms with Crippen LogP contribution in [0.1, 0.15) is 5.56 Å². The van der Waals surface area contributed by atoms with Gasteiger partial charge < -0.3 is 9.47 Å². The van der Waals surface area contributed by atoms with Crippen LogP contribution in [0.3, 0.4) is 0 Å². The molecule has 0 aliphatic carbocycles. The maximum absolute atomic E-state index is 10.6. The third-order valence-corrected chi connectivity index (χ3v) is 1.64. The molecule has 65 valence electrons. The lowest BCUT2D eigenvalue weighted by molar-refractivity contribution is 0.174. The van der Waals surface area contributed by atoms with E-state index in [0.29, 0.717) is 17.1 Å². The molecule has 1 rings (SSSR count). The molecule has 0 spiro atoms. The first-order valence-electron chi connectivity index (χ1n) is 3.61. The number of rotatable bonds is 3. The van der Waals surface area contributed by atoms with Crippen LogP contribution in [0.5, 0.6) is 11.5 Å². The highest BCUT2D eigenvalue weighted by atomic mass is 16.5. The van der Waals surface area contributed by atoms with Gasteiger partial charge in [0.15, 0.2) is 0 Å². The van der Waals surface area contributed by atoms with E-state index in [9.17, 15) is 5.11 Å². The molecule has 0 unspecified atom stereocenters. The molecule has 0 saturated carbocycles. The SMILES string of the molecule is COc1ccc(OC)c(C[O])c1. The summed E-state index contributed by atoms with van der Waals surface area (Å²) in [4.78, 5) is 0. The van der Waals surface area contributed by atoms with Crippen LogP contribution < -0.4 is 9.47 Å². The Kier molecular flexibility index (Phi) is 2.94. The van der Waals surface area contributed by atoms with Gasteiger partial charge in [-0.1, -0.05) is 0 Å². The first-order chi connectivity index (χ1) is 5.81. The minimum Gasteiger partial charge on any atom is -0.497 e. The molecule has 0 fully saturated rings. The lowest BCUT2D eigenvalue weighted by Gasteiger charge is -2.06. The molecule has 0 N–H and O–H groups in total. The molecule has 0 heterocycles. The van der Waals surface area contributed by atoms with Crippen LogP contribution in [-0.2, 0) is 11.7 Å². The lowest BCUT2D eigenvalue weighted by atomic mass is 10.2. The highest BCUT2D eigenvalue weighted by Crippen LogP contribution is 2.23. The van der Waals surface area contributed by atoms with Gasteiger partial charge in [0.2, 0.25) is 0 Å². The number of hydrogen-bond donors (Lipinski definition) is 0. The fourth-order valence-electron chi connectivity index (χ4n) is 0.995. The molecule has 3 heteroatoms. The summed E-state index contributed by atoms with van der Waals surface area (Å²) in [6.07, 6.45) is 0. The van der Waals surface area contributed by atoms with Crippen LogP contribution in [0.4, 0.5) is 0 Å². The van der Waals surface area contributed by atoms with E-state index in [1.807, 2.05) is 0 Å². The quantitative estimate of drug-likeness (QED) is 0.686. The van der Waals surface area contributed by atoms with Crippen molar-refractivity contribution in [1.82, 2.24) is 0 Å². The van der Waals surface area contributed by atoms with E-state index < -0.39 is 0 Å². The van der Waals surface area contributed by atoms with Gasteiger partial charge in [-0.15, -0.1) is 0 Å². The summed E-state index contributed by atoms with van der Waals surface area (Å²) in [5, 5.41) is 10.6. The number of methoxy groups -OCH3 is 2. The first kappa shape index (κ1) is 8.87. The zero-order chi connectivity index (χ0) is 8.97. The van der Waals surface area contributed by atoms with Gasteiger partial charge in [0, 0.05) is 5.56 Å². The predicted molar refractivity (Wildman–Crippen MR) is 43.9 cm³/mol. The van der Waals surface area contributed by atoms with Crippen molar-refractivity contribution in [2.45, 2.75) is 6.61 Å². The molecule has 12 heavy (non-hydrogen) atoms. The predicted octanol–water partition coefficient (Wildman–Crippen LogP) is 1.63. The van der Waals surface area contributed by atoms with Crippen LogP contribution in [-0.4, -0.2) is 14.2 Å².